The van der Waals surface area contributed by atoms with Gasteiger partial charge in [-0.2, -0.15) is 13.2 Å². The number of hydrogen-bond acceptors (Lipinski definition) is 5. The minimum atomic E-state index is -4.54. The third kappa shape index (κ3) is 7.54. The van der Waals surface area contributed by atoms with E-state index in [-0.39, 0.29) is 35.5 Å². The molecular formula is C23H21F3N4O4S. The molecule has 0 atom stereocenters. The number of nitrogens with one attached hydrogen (secondary N) is 2. The summed E-state index contributed by atoms with van der Waals surface area (Å²) in [5.41, 5.74) is 6.00. The molecule has 12 heteroatoms. The zero-order valence-corrected chi connectivity index (χ0v) is 19.0. The van der Waals surface area contributed by atoms with Gasteiger partial charge in [-0.1, -0.05) is 18.2 Å². The molecule has 0 aliphatic heterocycles. The van der Waals surface area contributed by atoms with E-state index < -0.39 is 33.7 Å². The van der Waals surface area contributed by atoms with Crippen molar-refractivity contribution in [2.24, 2.45) is 5.73 Å². The summed E-state index contributed by atoms with van der Waals surface area (Å²) in [4.78, 5) is 26.9. The number of carbonyl (C=O) groups is 2. The highest BCUT2D eigenvalue weighted by Crippen LogP contribution is 2.27. The van der Waals surface area contributed by atoms with Crippen LogP contribution in [0, 0.1) is 0 Å². The molecule has 2 aromatic carbocycles. The molecule has 4 N–H and O–H groups in total. The SMILES string of the molecule is NC(=O)c1cccc(CCS(=O)(=O)Nc2ccc(C(=O)NCc3ccc(C(F)(F)F)nc3)cc2)c1. The molecule has 0 saturated carbocycles. The maximum Gasteiger partial charge on any atom is 0.433 e. The van der Waals surface area contributed by atoms with Gasteiger partial charge in [0.15, 0.2) is 0 Å². The lowest BCUT2D eigenvalue weighted by atomic mass is 10.1. The number of aryl methyl sites for hydroxylation is 1. The van der Waals surface area contributed by atoms with Gasteiger partial charge in [0.2, 0.25) is 15.9 Å². The molecule has 3 aromatic rings. The van der Waals surface area contributed by atoms with Crippen LogP contribution in [0.5, 0.6) is 0 Å². The Bertz CT molecular complexity index is 1310. The number of nitrogens with zero attached hydrogens (tertiary/aromatic N) is 1. The molecule has 2 amide bonds. The summed E-state index contributed by atoms with van der Waals surface area (Å²) in [6.07, 6.45) is -3.35. The van der Waals surface area contributed by atoms with E-state index in [1.54, 1.807) is 12.1 Å². The Hall–Kier alpha value is -3.93. The van der Waals surface area contributed by atoms with Crippen LogP contribution in [-0.4, -0.2) is 31.0 Å². The second-order valence-corrected chi connectivity index (χ2v) is 9.39. The molecule has 0 aliphatic rings. The summed E-state index contributed by atoms with van der Waals surface area (Å²) < 4.78 is 64.9. The number of anilines is 1. The molecule has 35 heavy (non-hydrogen) atoms. The molecule has 1 aromatic heterocycles. The highest BCUT2D eigenvalue weighted by molar-refractivity contribution is 7.92. The zero-order chi connectivity index (χ0) is 25.6. The first-order valence-electron chi connectivity index (χ1n) is 10.2. The number of primary amides is 1. The fraction of sp³-hybridized carbons (Fsp3) is 0.174. The first-order chi connectivity index (χ1) is 16.4. The molecule has 184 valence electrons. The molecule has 1 heterocycles. The van der Waals surface area contributed by atoms with Crippen molar-refractivity contribution in [1.29, 1.82) is 0 Å². The number of benzene rings is 2. The van der Waals surface area contributed by atoms with Gasteiger partial charge in [0.25, 0.3) is 5.91 Å². The molecular weight excluding hydrogens is 485 g/mol. The molecule has 0 unspecified atom stereocenters. The third-order valence-electron chi connectivity index (χ3n) is 4.86. The van der Waals surface area contributed by atoms with Crippen molar-refractivity contribution in [3.63, 3.8) is 0 Å². The van der Waals surface area contributed by atoms with E-state index in [0.29, 0.717) is 11.1 Å². The van der Waals surface area contributed by atoms with Crippen LogP contribution in [0.15, 0.2) is 66.9 Å². The predicted octanol–water partition coefficient (Wildman–Crippen LogP) is 3.11. The lowest BCUT2D eigenvalue weighted by Crippen LogP contribution is -2.23. The minimum absolute atomic E-state index is 0.0324. The molecule has 0 fully saturated rings. The van der Waals surface area contributed by atoms with Gasteiger partial charge in [0.1, 0.15) is 5.69 Å². The molecule has 8 nitrogen and oxygen atoms in total. The van der Waals surface area contributed by atoms with E-state index in [0.717, 1.165) is 12.3 Å². The van der Waals surface area contributed by atoms with Gasteiger partial charge in [0, 0.05) is 29.6 Å². The summed E-state index contributed by atoms with van der Waals surface area (Å²) in [6.45, 7) is -0.0324. The Kier molecular flexibility index (Phi) is 7.75. The van der Waals surface area contributed by atoms with Crippen molar-refractivity contribution in [3.05, 3.63) is 94.8 Å². The van der Waals surface area contributed by atoms with Crippen LogP contribution in [0.25, 0.3) is 0 Å². The van der Waals surface area contributed by atoms with Gasteiger partial charge in [-0.15, -0.1) is 0 Å². The van der Waals surface area contributed by atoms with Gasteiger partial charge < -0.3 is 11.1 Å². The van der Waals surface area contributed by atoms with Crippen LogP contribution < -0.4 is 15.8 Å². The Morgan fingerprint density at radius 2 is 1.66 bits per heavy atom. The van der Waals surface area contributed by atoms with Crippen molar-refractivity contribution >= 4 is 27.5 Å². The van der Waals surface area contributed by atoms with E-state index in [9.17, 15) is 31.2 Å². The van der Waals surface area contributed by atoms with Crippen LogP contribution in [0.4, 0.5) is 18.9 Å². The van der Waals surface area contributed by atoms with E-state index in [1.807, 2.05) is 0 Å². The fourth-order valence-electron chi connectivity index (χ4n) is 3.03. The van der Waals surface area contributed by atoms with Crippen molar-refractivity contribution in [1.82, 2.24) is 10.3 Å². The normalized spacial score (nSPS) is 11.6. The summed E-state index contributed by atoms with van der Waals surface area (Å²) in [6, 6.07) is 14.1. The minimum Gasteiger partial charge on any atom is -0.366 e. The Morgan fingerprint density at radius 3 is 2.26 bits per heavy atom. The summed E-state index contributed by atoms with van der Waals surface area (Å²) in [7, 11) is -3.71. The van der Waals surface area contributed by atoms with Gasteiger partial charge in [-0.05, 0) is 60.0 Å². The number of pyridine rings is 1. The summed E-state index contributed by atoms with van der Waals surface area (Å²) in [5.74, 6) is -1.33. The average Bonchev–Trinajstić information content (AvgIpc) is 2.81. The van der Waals surface area contributed by atoms with E-state index in [2.05, 4.69) is 15.0 Å². The molecule has 3 rings (SSSR count). The number of sulfonamides is 1. The van der Waals surface area contributed by atoms with E-state index in [4.69, 9.17) is 5.73 Å². The smallest absolute Gasteiger partial charge is 0.366 e. The summed E-state index contributed by atoms with van der Waals surface area (Å²) >= 11 is 0. The monoisotopic (exact) mass is 506 g/mol. The summed E-state index contributed by atoms with van der Waals surface area (Å²) in [5, 5.41) is 2.56. The van der Waals surface area contributed by atoms with Crippen molar-refractivity contribution in [2.45, 2.75) is 19.1 Å². The predicted molar refractivity (Wildman–Crippen MR) is 123 cm³/mol. The first-order valence-corrected chi connectivity index (χ1v) is 11.9. The van der Waals surface area contributed by atoms with Gasteiger partial charge in [-0.25, -0.2) is 8.42 Å². The largest absolute Gasteiger partial charge is 0.433 e. The molecule has 0 bridgehead atoms. The van der Waals surface area contributed by atoms with E-state index >= 15 is 0 Å². The maximum atomic E-state index is 12.6. The van der Waals surface area contributed by atoms with Gasteiger partial charge in [0.05, 0.1) is 5.75 Å². The maximum absolute atomic E-state index is 12.6. The molecule has 0 aliphatic carbocycles. The van der Waals surface area contributed by atoms with Gasteiger partial charge in [-0.3, -0.25) is 19.3 Å². The van der Waals surface area contributed by atoms with Crippen molar-refractivity contribution in [2.75, 3.05) is 10.5 Å². The lowest BCUT2D eigenvalue weighted by Gasteiger charge is -2.10. The average molecular weight is 507 g/mol. The standard InChI is InChI=1S/C23H21F3N4O4S/c24-23(25,26)20-9-4-16(13-28-20)14-29-22(32)17-5-7-19(8-6-17)30-35(33,34)11-10-15-2-1-3-18(12-15)21(27)31/h1-9,12-13,30H,10-11,14H2,(H2,27,31)(H,29,32). The van der Waals surface area contributed by atoms with Crippen LogP contribution in [0.3, 0.4) is 0 Å². The number of amides is 2. The number of carbonyl (C=O) groups excluding carboxylic acids is 2. The molecule has 0 radical (unpaired) electrons. The highest BCUT2D eigenvalue weighted by atomic mass is 32.2. The quantitative estimate of drug-likeness (QED) is 0.410. The molecule has 0 saturated heterocycles. The van der Waals surface area contributed by atoms with Crippen LogP contribution in [-0.2, 0) is 29.2 Å². The number of nitrogens with two attached hydrogens (primary N) is 1. The lowest BCUT2D eigenvalue weighted by molar-refractivity contribution is -0.141. The zero-order valence-electron chi connectivity index (χ0n) is 18.2. The number of halogens is 3. The van der Waals surface area contributed by atoms with E-state index in [1.165, 1.54) is 42.5 Å². The Morgan fingerprint density at radius 1 is 0.943 bits per heavy atom. The second kappa shape index (κ2) is 10.6. The van der Waals surface area contributed by atoms with Crippen LogP contribution in [0.2, 0.25) is 0 Å². The number of rotatable bonds is 9. The van der Waals surface area contributed by atoms with Crippen LogP contribution in [0.1, 0.15) is 37.5 Å². The number of aromatic nitrogens is 1. The third-order valence-corrected chi connectivity index (χ3v) is 6.15. The van der Waals surface area contributed by atoms with Crippen molar-refractivity contribution in [3.8, 4) is 0 Å². The topological polar surface area (TPSA) is 131 Å². The molecule has 0 spiro atoms. The van der Waals surface area contributed by atoms with Gasteiger partial charge >= 0.3 is 6.18 Å². The van der Waals surface area contributed by atoms with Crippen molar-refractivity contribution < 1.29 is 31.2 Å². The van der Waals surface area contributed by atoms with Crippen LogP contribution >= 0.6 is 0 Å². The fourth-order valence-corrected chi connectivity index (χ4v) is 4.14. The number of hydrogen-bond donors (Lipinski definition) is 3. The Labute approximate surface area is 199 Å². The highest BCUT2D eigenvalue weighted by Gasteiger charge is 2.32. The second-order valence-electron chi connectivity index (χ2n) is 7.55. The first kappa shape index (κ1) is 25.7. The number of alkyl halides is 3. The Balaban J connectivity index is 1.53.